The number of amides is 1. The Morgan fingerprint density at radius 2 is 2.33 bits per heavy atom. The smallest absolute Gasteiger partial charge is 0.365 e. The van der Waals surface area contributed by atoms with Gasteiger partial charge < -0.3 is 15.0 Å². The zero-order valence-electron chi connectivity index (χ0n) is 11.6. The minimum atomic E-state index is -0.549. The molecule has 1 amide bonds. The number of anilines is 1. The lowest BCUT2D eigenvalue weighted by Gasteiger charge is -2.29. The first kappa shape index (κ1) is 15.7. The topological polar surface area (TPSA) is 59.8 Å². The Morgan fingerprint density at radius 3 is 3.00 bits per heavy atom. The number of nitrogens with one attached hydrogen (secondary N) is 2. The van der Waals surface area contributed by atoms with E-state index in [0.29, 0.717) is 18.8 Å². The van der Waals surface area contributed by atoms with Gasteiger partial charge in [0.2, 0.25) is 5.91 Å². The highest BCUT2D eigenvalue weighted by molar-refractivity contribution is 6.31. The van der Waals surface area contributed by atoms with Crippen molar-refractivity contribution in [2.75, 3.05) is 25.0 Å². The van der Waals surface area contributed by atoms with Crippen molar-refractivity contribution < 1.29 is 23.6 Å². The molecule has 1 heterocycles. The van der Waals surface area contributed by atoms with Gasteiger partial charge in [-0.2, -0.15) is 0 Å². The zero-order valence-corrected chi connectivity index (χ0v) is 12.4. The Balaban J connectivity index is 1.99. The van der Waals surface area contributed by atoms with Crippen LogP contribution in [-0.4, -0.2) is 37.6 Å². The SMILES string of the molecule is CC[NH+]1CCOC(=O)[C@H]1CC(=O)Nc1ccc(F)c(Cl)c1. The van der Waals surface area contributed by atoms with E-state index in [2.05, 4.69) is 5.32 Å². The Morgan fingerprint density at radius 1 is 1.57 bits per heavy atom. The van der Waals surface area contributed by atoms with Crippen LogP contribution in [0, 0.1) is 5.82 Å². The van der Waals surface area contributed by atoms with Crippen molar-refractivity contribution in [3.63, 3.8) is 0 Å². The minimum absolute atomic E-state index is 0.0248. The lowest BCUT2D eigenvalue weighted by molar-refractivity contribution is -0.919. The highest BCUT2D eigenvalue weighted by Crippen LogP contribution is 2.19. The number of likely N-dealkylation sites (N-methyl/N-ethyl adjacent to an activating group) is 1. The first-order valence-electron chi connectivity index (χ1n) is 6.77. The van der Waals surface area contributed by atoms with E-state index in [9.17, 15) is 14.0 Å². The summed E-state index contributed by atoms with van der Waals surface area (Å²) in [6.07, 6.45) is 0.0248. The summed E-state index contributed by atoms with van der Waals surface area (Å²) in [4.78, 5) is 24.8. The molecule has 0 aliphatic carbocycles. The first-order valence-corrected chi connectivity index (χ1v) is 7.15. The monoisotopic (exact) mass is 315 g/mol. The molecule has 0 aromatic heterocycles. The predicted octanol–water partition coefficient (Wildman–Crippen LogP) is 0.638. The number of esters is 1. The lowest BCUT2D eigenvalue weighted by atomic mass is 10.1. The third-order valence-corrected chi connectivity index (χ3v) is 3.78. The number of cyclic esters (lactones) is 1. The van der Waals surface area contributed by atoms with Crippen molar-refractivity contribution in [1.82, 2.24) is 0 Å². The molecule has 2 N–H and O–H groups in total. The molecule has 1 saturated heterocycles. The summed E-state index contributed by atoms with van der Waals surface area (Å²) >= 11 is 5.65. The van der Waals surface area contributed by atoms with Crippen LogP contribution in [0.15, 0.2) is 18.2 Å². The molecule has 1 aromatic carbocycles. The van der Waals surface area contributed by atoms with Crippen molar-refractivity contribution >= 4 is 29.2 Å². The Hall–Kier alpha value is -1.66. The molecule has 1 fully saturated rings. The molecule has 1 unspecified atom stereocenters. The molecule has 0 saturated carbocycles. The van der Waals surface area contributed by atoms with Gasteiger partial charge in [0.25, 0.3) is 0 Å². The lowest BCUT2D eigenvalue weighted by Crippen LogP contribution is -3.18. The average Bonchev–Trinajstić information content (AvgIpc) is 2.45. The second-order valence-electron chi connectivity index (χ2n) is 4.86. The number of hydrogen-bond acceptors (Lipinski definition) is 3. The van der Waals surface area contributed by atoms with Gasteiger partial charge >= 0.3 is 5.97 Å². The molecule has 0 radical (unpaired) electrons. The van der Waals surface area contributed by atoms with E-state index in [1.165, 1.54) is 18.2 Å². The van der Waals surface area contributed by atoms with Crippen LogP contribution in [0.5, 0.6) is 0 Å². The summed E-state index contributed by atoms with van der Waals surface area (Å²) in [5, 5.41) is 2.55. The average molecular weight is 316 g/mol. The zero-order chi connectivity index (χ0) is 15.4. The highest BCUT2D eigenvalue weighted by Gasteiger charge is 2.36. The molecule has 1 aromatic rings. The van der Waals surface area contributed by atoms with Crippen LogP contribution in [0.1, 0.15) is 13.3 Å². The van der Waals surface area contributed by atoms with E-state index < -0.39 is 11.9 Å². The third-order valence-electron chi connectivity index (χ3n) is 3.49. The van der Waals surface area contributed by atoms with E-state index in [1.807, 2.05) is 6.92 Å². The number of ether oxygens (including phenoxy) is 1. The van der Waals surface area contributed by atoms with Crippen molar-refractivity contribution in [3.8, 4) is 0 Å². The van der Waals surface area contributed by atoms with Crippen LogP contribution in [0.3, 0.4) is 0 Å². The second kappa shape index (κ2) is 6.87. The van der Waals surface area contributed by atoms with Crippen LogP contribution in [0.4, 0.5) is 10.1 Å². The van der Waals surface area contributed by atoms with Gasteiger partial charge in [0.15, 0.2) is 6.04 Å². The van der Waals surface area contributed by atoms with Crippen LogP contribution < -0.4 is 10.2 Å². The second-order valence-corrected chi connectivity index (χ2v) is 5.27. The van der Waals surface area contributed by atoms with E-state index in [4.69, 9.17) is 16.3 Å². The standard InChI is InChI=1S/C14H16ClFN2O3/c1-2-18-5-6-21-14(20)12(18)8-13(19)17-9-3-4-11(16)10(15)7-9/h3-4,7,12H,2,5-6,8H2,1H3,(H,17,19)/p+1/t12-/m1/s1. The van der Waals surface area contributed by atoms with Gasteiger partial charge in [-0.05, 0) is 25.1 Å². The molecule has 2 rings (SSSR count). The van der Waals surface area contributed by atoms with E-state index >= 15 is 0 Å². The fraction of sp³-hybridized carbons (Fsp3) is 0.429. The number of carbonyl (C=O) groups is 2. The molecule has 1 aliphatic heterocycles. The molecule has 114 valence electrons. The molecule has 5 nitrogen and oxygen atoms in total. The van der Waals surface area contributed by atoms with Gasteiger partial charge in [-0.1, -0.05) is 11.6 Å². The summed E-state index contributed by atoms with van der Waals surface area (Å²) in [7, 11) is 0. The molecule has 21 heavy (non-hydrogen) atoms. The van der Waals surface area contributed by atoms with E-state index in [-0.39, 0.29) is 23.3 Å². The number of benzene rings is 1. The van der Waals surface area contributed by atoms with E-state index in [0.717, 1.165) is 11.4 Å². The number of hydrogen-bond donors (Lipinski definition) is 2. The molecule has 0 bridgehead atoms. The van der Waals surface area contributed by atoms with Gasteiger partial charge in [0.05, 0.1) is 18.0 Å². The van der Waals surface area contributed by atoms with Crippen LogP contribution in [-0.2, 0) is 14.3 Å². The van der Waals surface area contributed by atoms with Gasteiger partial charge in [-0.15, -0.1) is 0 Å². The quantitative estimate of drug-likeness (QED) is 0.802. The third kappa shape index (κ3) is 3.92. The maximum absolute atomic E-state index is 13.0. The summed E-state index contributed by atoms with van der Waals surface area (Å²) < 4.78 is 18.0. The molecular weight excluding hydrogens is 299 g/mol. The Bertz CT molecular complexity index is 553. The maximum atomic E-state index is 13.0. The number of quaternary nitrogens is 1. The van der Waals surface area contributed by atoms with Gasteiger partial charge in [-0.3, -0.25) is 4.79 Å². The van der Waals surface area contributed by atoms with E-state index in [1.54, 1.807) is 0 Å². The molecule has 7 heteroatoms. The normalized spacial score (nSPS) is 21.8. The number of carbonyl (C=O) groups excluding carboxylic acids is 2. The molecule has 0 spiro atoms. The van der Waals surface area contributed by atoms with Crippen LogP contribution >= 0.6 is 11.6 Å². The number of rotatable bonds is 4. The largest absolute Gasteiger partial charge is 0.455 e. The number of morpholine rings is 1. The summed E-state index contributed by atoms with van der Waals surface area (Å²) in [6, 6.07) is 3.43. The van der Waals surface area contributed by atoms with Crippen LogP contribution in [0.2, 0.25) is 5.02 Å². The van der Waals surface area contributed by atoms with Gasteiger partial charge in [-0.25, -0.2) is 9.18 Å². The first-order chi connectivity index (χ1) is 10.0. The summed E-state index contributed by atoms with van der Waals surface area (Å²) in [5.41, 5.74) is 0.397. The number of halogens is 2. The Labute approximate surface area is 127 Å². The summed E-state index contributed by atoms with van der Waals surface area (Å²) in [5.74, 6) is -1.23. The van der Waals surface area contributed by atoms with Crippen molar-refractivity contribution in [1.29, 1.82) is 0 Å². The molecule has 2 atom stereocenters. The highest BCUT2D eigenvalue weighted by atomic mass is 35.5. The van der Waals surface area contributed by atoms with Crippen molar-refractivity contribution in [3.05, 3.63) is 29.0 Å². The van der Waals surface area contributed by atoms with Crippen molar-refractivity contribution in [2.45, 2.75) is 19.4 Å². The Kier molecular flexibility index (Phi) is 5.14. The maximum Gasteiger partial charge on any atom is 0.365 e. The van der Waals surface area contributed by atoms with Gasteiger partial charge in [0, 0.05) is 5.69 Å². The fourth-order valence-electron chi connectivity index (χ4n) is 2.35. The summed E-state index contributed by atoms with van der Waals surface area (Å²) in [6.45, 7) is 3.78. The molecule has 1 aliphatic rings. The molecular formula is C14H17ClFN2O3+. The predicted molar refractivity (Wildman–Crippen MR) is 75.8 cm³/mol. The van der Waals surface area contributed by atoms with Crippen LogP contribution in [0.25, 0.3) is 0 Å². The minimum Gasteiger partial charge on any atom is -0.455 e. The van der Waals surface area contributed by atoms with Crippen molar-refractivity contribution in [2.24, 2.45) is 0 Å². The van der Waals surface area contributed by atoms with Gasteiger partial charge in [0.1, 0.15) is 19.0 Å². The fourth-order valence-corrected chi connectivity index (χ4v) is 2.53.